The number of amides is 1. The van der Waals surface area contributed by atoms with Gasteiger partial charge in [-0.05, 0) is 48.4 Å². The van der Waals surface area contributed by atoms with Crippen molar-refractivity contribution in [3.8, 4) is 0 Å². The van der Waals surface area contributed by atoms with Crippen molar-refractivity contribution in [3.63, 3.8) is 0 Å². The summed E-state index contributed by atoms with van der Waals surface area (Å²) in [5, 5.41) is 1.75. The molecule has 2 aromatic rings. The molecule has 0 atom stereocenters. The number of hydrogen-bond acceptors (Lipinski definition) is 3. The van der Waals surface area contributed by atoms with Crippen molar-refractivity contribution in [2.24, 2.45) is 0 Å². The number of rotatable bonds is 6. The third-order valence-electron chi connectivity index (χ3n) is 3.50. The predicted octanol–water partition coefficient (Wildman–Crippen LogP) is 3.16. The Morgan fingerprint density at radius 2 is 1.70 bits per heavy atom. The first kappa shape index (κ1) is 20.7. The number of alkyl halides is 3. The van der Waals surface area contributed by atoms with Gasteiger partial charge in [-0.15, -0.1) is 0 Å². The molecule has 10 heteroatoms. The van der Waals surface area contributed by atoms with Crippen LogP contribution in [-0.4, -0.2) is 27.0 Å². The summed E-state index contributed by atoms with van der Waals surface area (Å²) in [5.74, 6) is -1.33. The van der Waals surface area contributed by atoms with Crippen LogP contribution in [0, 0.1) is 12.7 Å². The minimum absolute atomic E-state index is 0.114. The Balaban J connectivity index is 2.02. The fourth-order valence-electron chi connectivity index (χ4n) is 2.14. The zero-order valence-corrected chi connectivity index (χ0v) is 14.9. The standard InChI is InChI=1S/C17H16F4N2O3S/c1-11-8-14(6-7-15(11)18)27(25,26)23-13-4-2-12(3-5-13)9-16(24)22-10-17(19,20)21/h2-8,23H,9-10H2,1H3,(H,22,24). The van der Waals surface area contributed by atoms with E-state index in [1.165, 1.54) is 37.3 Å². The van der Waals surface area contributed by atoms with Crippen molar-refractivity contribution in [2.75, 3.05) is 11.3 Å². The molecule has 0 bridgehead atoms. The molecule has 0 unspecified atom stereocenters. The van der Waals surface area contributed by atoms with Gasteiger partial charge in [0, 0.05) is 5.69 Å². The van der Waals surface area contributed by atoms with E-state index in [1.807, 2.05) is 0 Å². The lowest BCUT2D eigenvalue weighted by Gasteiger charge is -2.10. The summed E-state index contributed by atoms with van der Waals surface area (Å²) in [6.45, 7) is 0.0216. The van der Waals surface area contributed by atoms with Gasteiger partial charge in [-0.3, -0.25) is 9.52 Å². The summed E-state index contributed by atoms with van der Waals surface area (Å²) in [6.07, 6.45) is -4.77. The summed E-state index contributed by atoms with van der Waals surface area (Å²) in [5.41, 5.74) is 0.782. The molecule has 0 aliphatic heterocycles. The third kappa shape index (κ3) is 6.24. The van der Waals surface area contributed by atoms with Crippen LogP contribution in [-0.2, 0) is 21.2 Å². The number of aryl methyl sites for hydroxylation is 1. The van der Waals surface area contributed by atoms with Gasteiger partial charge >= 0.3 is 6.18 Å². The van der Waals surface area contributed by atoms with Crippen molar-refractivity contribution >= 4 is 21.6 Å². The van der Waals surface area contributed by atoms with Gasteiger partial charge in [0.2, 0.25) is 5.91 Å². The molecule has 0 spiro atoms. The number of benzene rings is 2. The van der Waals surface area contributed by atoms with E-state index in [2.05, 4.69) is 4.72 Å². The highest BCUT2D eigenvalue weighted by atomic mass is 32.2. The number of nitrogens with one attached hydrogen (secondary N) is 2. The Morgan fingerprint density at radius 1 is 1.07 bits per heavy atom. The highest BCUT2D eigenvalue weighted by Crippen LogP contribution is 2.19. The monoisotopic (exact) mass is 404 g/mol. The van der Waals surface area contributed by atoms with Crippen LogP contribution in [0.25, 0.3) is 0 Å². The number of sulfonamides is 1. The molecular formula is C17H16F4N2O3S. The van der Waals surface area contributed by atoms with Crippen molar-refractivity contribution in [3.05, 3.63) is 59.4 Å². The van der Waals surface area contributed by atoms with Crippen LogP contribution >= 0.6 is 0 Å². The fourth-order valence-corrected chi connectivity index (χ4v) is 3.28. The molecule has 1 amide bonds. The van der Waals surface area contributed by atoms with E-state index < -0.39 is 34.5 Å². The maximum Gasteiger partial charge on any atom is 0.405 e. The highest BCUT2D eigenvalue weighted by molar-refractivity contribution is 7.92. The average Bonchev–Trinajstić information content (AvgIpc) is 2.56. The lowest BCUT2D eigenvalue weighted by atomic mass is 10.1. The van der Waals surface area contributed by atoms with Crippen molar-refractivity contribution in [1.82, 2.24) is 5.32 Å². The second-order valence-corrected chi connectivity index (χ2v) is 7.46. The van der Waals surface area contributed by atoms with E-state index in [-0.39, 0.29) is 22.6 Å². The quantitative estimate of drug-likeness (QED) is 0.727. The molecule has 2 N–H and O–H groups in total. The molecule has 0 saturated carbocycles. The fraction of sp³-hybridized carbons (Fsp3) is 0.235. The number of carbonyl (C=O) groups is 1. The molecule has 0 aromatic heterocycles. The minimum atomic E-state index is -4.49. The second kappa shape index (κ2) is 7.95. The molecule has 0 aliphatic rings. The van der Waals surface area contributed by atoms with Gasteiger partial charge in [-0.2, -0.15) is 13.2 Å². The molecule has 0 aliphatic carbocycles. The first-order valence-electron chi connectivity index (χ1n) is 7.68. The average molecular weight is 404 g/mol. The van der Waals surface area contributed by atoms with E-state index in [9.17, 15) is 30.8 Å². The van der Waals surface area contributed by atoms with Crippen LogP contribution in [0.3, 0.4) is 0 Å². The molecule has 27 heavy (non-hydrogen) atoms. The molecule has 0 fully saturated rings. The number of halogens is 4. The van der Waals surface area contributed by atoms with Gasteiger partial charge in [0.25, 0.3) is 10.0 Å². The topological polar surface area (TPSA) is 75.3 Å². The van der Waals surface area contributed by atoms with Crippen LogP contribution < -0.4 is 10.0 Å². The van der Waals surface area contributed by atoms with Gasteiger partial charge in [0.1, 0.15) is 12.4 Å². The summed E-state index contributed by atoms with van der Waals surface area (Å²) >= 11 is 0. The summed E-state index contributed by atoms with van der Waals surface area (Å²) in [7, 11) is -3.93. The van der Waals surface area contributed by atoms with Gasteiger partial charge in [0.15, 0.2) is 0 Å². The van der Waals surface area contributed by atoms with E-state index in [4.69, 9.17) is 0 Å². The van der Waals surface area contributed by atoms with E-state index in [1.54, 1.807) is 5.32 Å². The van der Waals surface area contributed by atoms with Crippen molar-refractivity contribution in [2.45, 2.75) is 24.4 Å². The molecule has 2 rings (SSSR count). The predicted molar refractivity (Wildman–Crippen MR) is 91.2 cm³/mol. The highest BCUT2D eigenvalue weighted by Gasteiger charge is 2.27. The number of hydrogen-bond donors (Lipinski definition) is 2. The SMILES string of the molecule is Cc1cc(S(=O)(=O)Nc2ccc(CC(=O)NCC(F)(F)F)cc2)ccc1F. The first-order chi connectivity index (χ1) is 12.5. The van der Waals surface area contributed by atoms with Crippen LogP contribution in [0.1, 0.15) is 11.1 Å². The summed E-state index contributed by atoms with van der Waals surface area (Å²) in [6, 6.07) is 8.95. The van der Waals surface area contributed by atoms with Gasteiger partial charge < -0.3 is 5.32 Å². The molecule has 0 radical (unpaired) electrons. The molecule has 2 aromatic carbocycles. The number of carbonyl (C=O) groups excluding carboxylic acids is 1. The van der Waals surface area contributed by atoms with Crippen molar-refractivity contribution in [1.29, 1.82) is 0 Å². The largest absolute Gasteiger partial charge is 0.405 e. The summed E-state index contributed by atoms with van der Waals surface area (Å²) in [4.78, 5) is 11.4. The van der Waals surface area contributed by atoms with E-state index >= 15 is 0 Å². The molecule has 146 valence electrons. The first-order valence-corrected chi connectivity index (χ1v) is 9.16. The van der Waals surface area contributed by atoms with Crippen molar-refractivity contribution < 1.29 is 30.8 Å². The van der Waals surface area contributed by atoms with E-state index in [0.29, 0.717) is 5.56 Å². The Hall–Kier alpha value is -2.62. The zero-order valence-electron chi connectivity index (χ0n) is 14.1. The molecule has 5 nitrogen and oxygen atoms in total. The Morgan fingerprint density at radius 3 is 2.26 bits per heavy atom. The van der Waals surface area contributed by atoms with Gasteiger partial charge in [0.05, 0.1) is 11.3 Å². The van der Waals surface area contributed by atoms with Crippen LogP contribution in [0.2, 0.25) is 0 Å². The summed E-state index contributed by atoms with van der Waals surface area (Å²) < 4.78 is 76.3. The maximum atomic E-state index is 13.3. The van der Waals surface area contributed by atoms with E-state index in [0.717, 1.165) is 12.1 Å². The molecular weight excluding hydrogens is 388 g/mol. The maximum absolute atomic E-state index is 13.3. The third-order valence-corrected chi connectivity index (χ3v) is 4.88. The molecule has 0 heterocycles. The Kier molecular flexibility index (Phi) is 6.09. The normalized spacial score (nSPS) is 11.9. The zero-order chi connectivity index (χ0) is 20.2. The van der Waals surface area contributed by atoms with Crippen LogP contribution in [0.5, 0.6) is 0 Å². The van der Waals surface area contributed by atoms with Gasteiger partial charge in [-0.25, -0.2) is 12.8 Å². The second-order valence-electron chi connectivity index (χ2n) is 5.78. The smallest absolute Gasteiger partial charge is 0.347 e. The van der Waals surface area contributed by atoms with Gasteiger partial charge in [-0.1, -0.05) is 12.1 Å². The van der Waals surface area contributed by atoms with Crippen LogP contribution in [0.4, 0.5) is 23.2 Å². The minimum Gasteiger partial charge on any atom is -0.347 e. The number of anilines is 1. The lowest BCUT2D eigenvalue weighted by Crippen LogP contribution is -2.34. The Bertz CT molecular complexity index is 926. The van der Waals surface area contributed by atoms with Crippen LogP contribution in [0.15, 0.2) is 47.4 Å². The Labute approximate surface area is 153 Å². The lowest BCUT2D eigenvalue weighted by molar-refractivity contribution is -0.138. The molecule has 0 saturated heterocycles.